The number of aromatic hydroxyl groups is 1. The molecule has 0 unspecified atom stereocenters. The van der Waals surface area contributed by atoms with Crippen molar-refractivity contribution in [3.05, 3.63) is 83.9 Å². The number of hydrogen-bond donors (Lipinski definition) is 2. The molecule has 1 heterocycles. The molecule has 0 saturated carbocycles. The summed E-state index contributed by atoms with van der Waals surface area (Å²) in [5.74, 6) is 1.22. The third-order valence-electron chi connectivity index (χ3n) is 4.56. The lowest BCUT2D eigenvalue weighted by atomic mass is 10.0. The summed E-state index contributed by atoms with van der Waals surface area (Å²) in [5, 5.41) is 11.6. The smallest absolute Gasteiger partial charge is 0.199 e. The van der Waals surface area contributed by atoms with Gasteiger partial charge in [-0.1, -0.05) is 48.5 Å². The summed E-state index contributed by atoms with van der Waals surface area (Å²) in [4.78, 5) is 7.87. The number of fused-ring (bicyclic) bond motifs is 1. The average molecular weight is 372 g/mol. The standard InChI is InChI=1S/C23H20N2O3/c1-27-19-13-17-18(14-20(19)28-2)25-23(26)21(17)22(15-9-5-3-6-10-15)24-16-11-7-4-8-12-16/h3-14,25-26H,1-2H3. The molecule has 0 aliphatic rings. The van der Waals surface area contributed by atoms with Crippen LogP contribution in [0.2, 0.25) is 0 Å². The average Bonchev–Trinajstić information content (AvgIpc) is 3.06. The highest BCUT2D eigenvalue weighted by atomic mass is 16.5. The lowest BCUT2D eigenvalue weighted by Crippen LogP contribution is -2.03. The van der Waals surface area contributed by atoms with Gasteiger partial charge in [0.25, 0.3) is 0 Å². The number of hydrogen-bond acceptors (Lipinski definition) is 4. The monoisotopic (exact) mass is 372 g/mol. The molecule has 0 aliphatic heterocycles. The number of nitrogens with one attached hydrogen (secondary N) is 1. The van der Waals surface area contributed by atoms with Crippen molar-refractivity contribution in [1.82, 2.24) is 4.98 Å². The van der Waals surface area contributed by atoms with E-state index in [0.29, 0.717) is 22.8 Å². The molecule has 3 aromatic carbocycles. The first-order chi connectivity index (χ1) is 13.7. The van der Waals surface area contributed by atoms with Gasteiger partial charge in [0.05, 0.1) is 36.7 Å². The van der Waals surface area contributed by atoms with Crippen molar-refractivity contribution >= 4 is 22.3 Å². The number of nitrogens with zero attached hydrogens (tertiary/aromatic N) is 1. The lowest BCUT2D eigenvalue weighted by Gasteiger charge is -2.10. The quantitative estimate of drug-likeness (QED) is 0.481. The van der Waals surface area contributed by atoms with E-state index in [1.807, 2.05) is 72.8 Å². The summed E-state index contributed by atoms with van der Waals surface area (Å²) in [6, 6.07) is 23.1. The van der Waals surface area contributed by atoms with Crippen LogP contribution in [0.25, 0.3) is 10.9 Å². The predicted molar refractivity (Wildman–Crippen MR) is 111 cm³/mol. The molecular formula is C23H20N2O3. The second-order valence-corrected chi connectivity index (χ2v) is 6.26. The molecule has 0 aliphatic carbocycles. The highest BCUT2D eigenvalue weighted by molar-refractivity contribution is 6.22. The maximum absolute atomic E-state index is 10.8. The van der Waals surface area contributed by atoms with Crippen LogP contribution in [0.5, 0.6) is 17.4 Å². The number of ether oxygens (including phenoxy) is 2. The molecule has 28 heavy (non-hydrogen) atoms. The number of para-hydroxylation sites is 1. The van der Waals surface area contributed by atoms with Gasteiger partial charge in [0.1, 0.15) is 0 Å². The van der Waals surface area contributed by atoms with Crippen molar-refractivity contribution in [1.29, 1.82) is 0 Å². The van der Waals surface area contributed by atoms with Gasteiger partial charge >= 0.3 is 0 Å². The Morgan fingerprint density at radius 2 is 1.46 bits per heavy atom. The van der Waals surface area contributed by atoms with Crippen LogP contribution in [-0.2, 0) is 0 Å². The first-order valence-corrected chi connectivity index (χ1v) is 8.87. The van der Waals surface area contributed by atoms with Crippen molar-refractivity contribution < 1.29 is 14.6 Å². The van der Waals surface area contributed by atoms with Gasteiger partial charge in [0.15, 0.2) is 17.4 Å². The fourth-order valence-corrected chi connectivity index (χ4v) is 3.24. The fraction of sp³-hybridized carbons (Fsp3) is 0.0870. The van der Waals surface area contributed by atoms with Crippen LogP contribution in [0.3, 0.4) is 0 Å². The topological polar surface area (TPSA) is 66.8 Å². The maximum Gasteiger partial charge on any atom is 0.199 e. The molecule has 4 aromatic rings. The van der Waals surface area contributed by atoms with Gasteiger partial charge in [-0.3, -0.25) is 0 Å². The van der Waals surface area contributed by atoms with E-state index in [2.05, 4.69) is 4.98 Å². The van der Waals surface area contributed by atoms with Gasteiger partial charge in [0, 0.05) is 17.0 Å². The Hall–Kier alpha value is -3.73. The molecule has 0 saturated heterocycles. The highest BCUT2D eigenvalue weighted by Gasteiger charge is 2.20. The molecule has 4 rings (SSSR count). The molecule has 0 amide bonds. The minimum atomic E-state index is 0.0452. The Bertz CT molecular complexity index is 1130. The van der Waals surface area contributed by atoms with E-state index in [4.69, 9.17) is 14.5 Å². The molecule has 0 spiro atoms. The maximum atomic E-state index is 10.8. The van der Waals surface area contributed by atoms with Crippen molar-refractivity contribution in [2.75, 3.05) is 14.2 Å². The fourth-order valence-electron chi connectivity index (χ4n) is 3.24. The summed E-state index contributed by atoms with van der Waals surface area (Å²) in [5.41, 5.74) is 3.73. The summed E-state index contributed by atoms with van der Waals surface area (Å²) >= 11 is 0. The number of aromatic nitrogens is 1. The summed E-state index contributed by atoms with van der Waals surface area (Å²) in [6.45, 7) is 0. The normalized spacial score (nSPS) is 11.6. The van der Waals surface area contributed by atoms with Gasteiger partial charge in [-0.15, -0.1) is 0 Å². The van der Waals surface area contributed by atoms with E-state index < -0.39 is 0 Å². The molecule has 0 bridgehead atoms. The summed E-state index contributed by atoms with van der Waals surface area (Å²) < 4.78 is 10.8. The molecule has 5 nitrogen and oxygen atoms in total. The van der Waals surface area contributed by atoms with Crippen LogP contribution in [0.15, 0.2) is 77.8 Å². The molecule has 0 fully saturated rings. The van der Waals surface area contributed by atoms with E-state index >= 15 is 0 Å². The van der Waals surface area contributed by atoms with Crippen LogP contribution in [0, 0.1) is 0 Å². The number of methoxy groups -OCH3 is 2. The van der Waals surface area contributed by atoms with E-state index in [9.17, 15) is 5.11 Å². The highest BCUT2D eigenvalue weighted by Crippen LogP contribution is 2.38. The zero-order chi connectivity index (χ0) is 19.5. The number of rotatable bonds is 5. The van der Waals surface area contributed by atoms with E-state index in [1.165, 1.54) is 0 Å². The Morgan fingerprint density at radius 1 is 0.857 bits per heavy atom. The minimum Gasteiger partial charge on any atom is -0.494 e. The van der Waals surface area contributed by atoms with Crippen LogP contribution in [0.1, 0.15) is 11.1 Å². The molecule has 5 heteroatoms. The summed E-state index contributed by atoms with van der Waals surface area (Å²) in [6.07, 6.45) is 0. The zero-order valence-electron chi connectivity index (χ0n) is 15.6. The molecule has 140 valence electrons. The first kappa shape index (κ1) is 17.7. The number of aromatic amines is 1. The van der Waals surface area contributed by atoms with Crippen molar-refractivity contribution in [2.45, 2.75) is 0 Å². The summed E-state index contributed by atoms with van der Waals surface area (Å²) in [7, 11) is 3.17. The Morgan fingerprint density at radius 3 is 2.11 bits per heavy atom. The Labute approximate surface area is 162 Å². The van der Waals surface area contributed by atoms with E-state index in [1.54, 1.807) is 14.2 Å². The Balaban J connectivity index is 2.00. The number of aliphatic imine (C=N–C) groups is 1. The van der Waals surface area contributed by atoms with Gasteiger partial charge in [-0.05, 0) is 18.2 Å². The minimum absolute atomic E-state index is 0.0452. The van der Waals surface area contributed by atoms with Crippen LogP contribution in [0.4, 0.5) is 5.69 Å². The zero-order valence-corrected chi connectivity index (χ0v) is 15.6. The van der Waals surface area contributed by atoms with Crippen LogP contribution in [-0.4, -0.2) is 30.0 Å². The van der Waals surface area contributed by atoms with Gasteiger partial charge < -0.3 is 19.6 Å². The van der Waals surface area contributed by atoms with Crippen molar-refractivity contribution in [2.24, 2.45) is 4.99 Å². The molecule has 2 N–H and O–H groups in total. The predicted octanol–water partition coefficient (Wildman–Crippen LogP) is 5.06. The largest absolute Gasteiger partial charge is 0.494 e. The molecular weight excluding hydrogens is 352 g/mol. The first-order valence-electron chi connectivity index (χ1n) is 8.87. The molecule has 0 radical (unpaired) electrons. The second-order valence-electron chi connectivity index (χ2n) is 6.26. The number of H-pyrrole nitrogens is 1. The van der Waals surface area contributed by atoms with Crippen molar-refractivity contribution in [3.8, 4) is 17.4 Å². The number of benzene rings is 3. The van der Waals surface area contributed by atoms with Gasteiger partial charge in [-0.2, -0.15) is 0 Å². The third-order valence-corrected chi connectivity index (χ3v) is 4.56. The third kappa shape index (κ3) is 3.18. The van der Waals surface area contributed by atoms with Gasteiger partial charge in [-0.25, -0.2) is 4.99 Å². The van der Waals surface area contributed by atoms with Crippen LogP contribution < -0.4 is 9.47 Å². The van der Waals surface area contributed by atoms with Crippen LogP contribution >= 0.6 is 0 Å². The molecule has 0 atom stereocenters. The Kier molecular flexibility index (Phi) is 4.72. The van der Waals surface area contributed by atoms with E-state index in [-0.39, 0.29) is 5.88 Å². The second kappa shape index (κ2) is 7.48. The van der Waals surface area contributed by atoms with E-state index in [0.717, 1.165) is 22.2 Å². The van der Waals surface area contributed by atoms with Gasteiger partial charge in [0.2, 0.25) is 0 Å². The SMILES string of the molecule is COc1cc2[nH]c(O)c(C(=Nc3ccccc3)c3ccccc3)c2cc1OC. The van der Waals surface area contributed by atoms with Crippen molar-refractivity contribution in [3.63, 3.8) is 0 Å². The molecule has 1 aromatic heterocycles. The lowest BCUT2D eigenvalue weighted by molar-refractivity contribution is 0.356.